The molecule has 3 aromatic rings. The van der Waals surface area contributed by atoms with Crippen molar-refractivity contribution in [1.29, 1.82) is 0 Å². The molecule has 1 nitrogen and oxygen atoms in total. The maximum Gasteiger partial charge on any atom is 0.387 e. The number of terminal acetylenes is 1. The van der Waals surface area contributed by atoms with Crippen molar-refractivity contribution in [1.82, 2.24) is 0 Å². The molecule has 162 valence electrons. The molecule has 0 N–H and O–H groups in total. The second kappa shape index (κ2) is 9.37. The minimum absolute atomic E-state index is 0.174. The number of fused-ring (bicyclic) bond motifs is 1. The molecule has 0 atom stereocenters. The second-order valence-corrected chi connectivity index (χ2v) is 7.90. The zero-order valence-electron chi connectivity index (χ0n) is 17.2. The van der Waals surface area contributed by atoms with Crippen LogP contribution in [0.15, 0.2) is 48.5 Å². The van der Waals surface area contributed by atoms with E-state index in [0.29, 0.717) is 17.2 Å². The van der Waals surface area contributed by atoms with Gasteiger partial charge in [0, 0.05) is 16.9 Å². The number of halogens is 4. The SMILES string of the molecule is C#CC1CCC(c2ccc3c(F)c(C#Cc4ccc(OC(F)F)c(F)c4)ccc3c2)CC1. The number of hydrogen-bond donors (Lipinski definition) is 0. The van der Waals surface area contributed by atoms with Gasteiger partial charge in [-0.25, -0.2) is 8.78 Å². The second-order valence-electron chi connectivity index (χ2n) is 7.90. The summed E-state index contributed by atoms with van der Waals surface area (Å²) in [7, 11) is 0. The van der Waals surface area contributed by atoms with Gasteiger partial charge in [-0.15, -0.1) is 12.3 Å². The molecule has 0 amide bonds. The number of hydrogen-bond acceptors (Lipinski definition) is 1. The first-order chi connectivity index (χ1) is 15.4. The Morgan fingerprint density at radius 2 is 1.69 bits per heavy atom. The summed E-state index contributed by atoms with van der Waals surface area (Å²) in [5, 5.41) is 1.26. The van der Waals surface area contributed by atoms with Crippen molar-refractivity contribution in [2.24, 2.45) is 5.92 Å². The Balaban J connectivity index is 1.56. The fourth-order valence-electron chi connectivity index (χ4n) is 4.16. The van der Waals surface area contributed by atoms with Gasteiger partial charge in [-0.1, -0.05) is 36.1 Å². The standard InChI is InChI=1S/C27H20F4O/c1-2-17-3-7-19(8-4-17)21-12-13-23-22(16-21)11-10-20(26(23)29)9-5-18-6-14-25(24(28)15-18)32-27(30)31/h1,6,10-17,19,27H,3-4,7-8H2. The van der Waals surface area contributed by atoms with E-state index >= 15 is 4.39 Å². The fourth-order valence-corrected chi connectivity index (χ4v) is 4.16. The van der Waals surface area contributed by atoms with Gasteiger partial charge in [0.2, 0.25) is 0 Å². The summed E-state index contributed by atoms with van der Waals surface area (Å²) in [6, 6.07) is 12.6. The molecule has 1 aliphatic rings. The number of alkyl halides is 2. The van der Waals surface area contributed by atoms with Crippen LogP contribution >= 0.6 is 0 Å². The minimum atomic E-state index is -3.12. The van der Waals surface area contributed by atoms with Gasteiger partial charge >= 0.3 is 6.61 Å². The van der Waals surface area contributed by atoms with E-state index in [9.17, 15) is 13.2 Å². The van der Waals surface area contributed by atoms with E-state index in [4.69, 9.17) is 6.42 Å². The van der Waals surface area contributed by atoms with Crippen LogP contribution in [0.25, 0.3) is 10.8 Å². The monoisotopic (exact) mass is 436 g/mol. The van der Waals surface area contributed by atoms with Crippen molar-refractivity contribution in [3.8, 4) is 29.9 Å². The topological polar surface area (TPSA) is 9.23 Å². The number of ether oxygens (including phenoxy) is 1. The van der Waals surface area contributed by atoms with E-state index in [0.717, 1.165) is 43.2 Å². The highest BCUT2D eigenvalue weighted by molar-refractivity contribution is 5.85. The van der Waals surface area contributed by atoms with E-state index in [2.05, 4.69) is 22.5 Å². The lowest BCUT2D eigenvalue weighted by Crippen LogP contribution is -2.11. The molecule has 0 heterocycles. The Morgan fingerprint density at radius 3 is 2.38 bits per heavy atom. The Hall–Kier alpha value is -3.44. The molecular formula is C27H20F4O. The molecule has 0 aromatic heterocycles. The zero-order valence-corrected chi connectivity index (χ0v) is 17.2. The van der Waals surface area contributed by atoms with Gasteiger partial charge < -0.3 is 4.74 Å². The van der Waals surface area contributed by atoms with Crippen molar-refractivity contribution in [3.63, 3.8) is 0 Å². The summed E-state index contributed by atoms with van der Waals surface area (Å²) in [4.78, 5) is 0. The van der Waals surface area contributed by atoms with Crippen LogP contribution in [0.1, 0.15) is 48.3 Å². The molecule has 0 unspecified atom stereocenters. The summed E-state index contributed by atoms with van der Waals surface area (Å²) < 4.78 is 57.4. The van der Waals surface area contributed by atoms with Gasteiger partial charge in [0.25, 0.3) is 0 Å². The highest BCUT2D eigenvalue weighted by Gasteiger charge is 2.21. The van der Waals surface area contributed by atoms with E-state index in [1.807, 2.05) is 18.2 Å². The molecule has 0 aliphatic heterocycles. The van der Waals surface area contributed by atoms with Gasteiger partial charge in [0.1, 0.15) is 5.82 Å². The number of rotatable bonds is 3. The van der Waals surface area contributed by atoms with E-state index in [1.165, 1.54) is 11.6 Å². The Labute approximate surface area is 184 Å². The van der Waals surface area contributed by atoms with E-state index < -0.39 is 24.0 Å². The fraction of sp³-hybridized carbons (Fsp3) is 0.259. The van der Waals surface area contributed by atoms with Crippen molar-refractivity contribution in [3.05, 3.63) is 76.9 Å². The van der Waals surface area contributed by atoms with Crippen LogP contribution in [0.4, 0.5) is 17.6 Å². The summed E-state index contributed by atoms with van der Waals surface area (Å²) >= 11 is 0. The van der Waals surface area contributed by atoms with E-state index in [-0.39, 0.29) is 11.1 Å². The summed E-state index contributed by atoms with van der Waals surface area (Å²) in [6.07, 6.45) is 9.62. The minimum Gasteiger partial charge on any atom is -0.432 e. The first-order valence-corrected chi connectivity index (χ1v) is 10.4. The average molecular weight is 436 g/mol. The molecule has 0 saturated heterocycles. The molecule has 4 rings (SSSR count). The largest absolute Gasteiger partial charge is 0.432 e. The molecule has 32 heavy (non-hydrogen) atoms. The lowest BCUT2D eigenvalue weighted by molar-refractivity contribution is -0.0521. The quantitative estimate of drug-likeness (QED) is 0.316. The third-order valence-corrected chi connectivity index (χ3v) is 5.90. The first kappa shape index (κ1) is 21.8. The smallest absolute Gasteiger partial charge is 0.387 e. The van der Waals surface area contributed by atoms with Gasteiger partial charge in [-0.3, -0.25) is 0 Å². The van der Waals surface area contributed by atoms with Crippen molar-refractivity contribution < 1.29 is 22.3 Å². The first-order valence-electron chi connectivity index (χ1n) is 10.4. The van der Waals surface area contributed by atoms with Crippen LogP contribution in [0.5, 0.6) is 5.75 Å². The summed E-state index contributed by atoms with van der Waals surface area (Å²) in [6.45, 7) is -3.12. The van der Waals surface area contributed by atoms with Crippen molar-refractivity contribution in [2.45, 2.75) is 38.2 Å². The predicted octanol–water partition coefficient (Wildman–Crippen LogP) is 7.03. The molecule has 1 saturated carbocycles. The van der Waals surface area contributed by atoms with Crippen LogP contribution < -0.4 is 4.74 Å². The third kappa shape index (κ3) is 4.73. The number of benzene rings is 3. The molecule has 3 aromatic carbocycles. The van der Waals surface area contributed by atoms with Crippen LogP contribution in [0, 0.1) is 41.7 Å². The molecular weight excluding hydrogens is 416 g/mol. The molecule has 0 bridgehead atoms. The van der Waals surface area contributed by atoms with Gasteiger partial charge in [-0.2, -0.15) is 8.78 Å². The van der Waals surface area contributed by atoms with Crippen molar-refractivity contribution in [2.75, 3.05) is 0 Å². The Morgan fingerprint density at radius 1 is 0.906 bits per heavy atom. The molecule has 1 fully saturated rings. The Bertz CT molecular complexity index is 1240. The maximum absolute atomic E-state index is 15.0. The maximum atomic E-state index is 15.0. The summed E-state index contributed by atoms with van der Waals surface area (Å²) in [5.74, 6) is 7.02. The van der Waals surface area contributed by atoms with Crippen LogP contribution in [0.2, 0.25) is 0 Å². The Kier molecular flexibility index (Phi) is 6.37. The van der Waals surface area contributed by atoms with Crippen molar-refractivity contribution >= 4 is 10.8 Å². The van der Waals surface area contributed by atoms with Crippen LogP contribution in [-0.2, 0) is 0 Å². The lowest BCUT2D eigenvalue weighted by atomic mass is 9.78. The third-order valence-electron chi connectivity index (χ3n) is 5.90. The van der Waals surface area contributed by atoms with E-state index in [1.54, 1.807) is 12.1 Å². The normalized spacial score (nSPS) is 18.1. The highest BCUT2D eigenvalue weighted by Crippen LogP contribution is 2.37. The van der Waals surface area contributed by atoms with Gasteiger partial charge in [-0.05, 0) is 66.8 Å². The summed E-state index contributed by atoms with van der Waals surface area (Å²) in [5.41, 5.74) is 1.59. The molecule has 0 spiro atoms. The average Bonchev–Trinajstić information content (AvgIpc) is 2.80. The van der Waals surface area contributed by atoms with Gasteiger partial charge in [0.05, 0.1) is 5.56 Å². The highest BCUT2D eigenvalue weighted by atomic mass is 19.3. The molecule has 0 radical (unpaired) electrons. The van der Waals surface area contributed by atoms with Gasteiger partial charge in [0.15, 0.2) is 11.6 Å². The predicted molar refractivity (Wildman–Crippen MR) is 116 cm³/mol. The zero-order chi connectivity index (χ0) is 22.7. The lowest BCUT2D eigenvalue weighted by Gasteiger charge is -2.26. The molecule has 1 aliphatic carbocycles. The molecule has 5 heteroatoms. The van der Waals surface area contributed by atoms with Crippen LogP contribution in [-0.4, -0.2) is 6.61 Å². The van der Waals surface area contributed by atoms with Crippen LogP contribution in [0.3, 0.4) is 0 Å².